The van der Waals surface area contributed by atoms with Gasteiger partial charge in [-0.25, -0.2) is 0 Å². The Kier molecular flexibility index (Phi) is 3.94. The van der Waals surface area contributed by atoms with Gasteiger partial charge in [0.25, 0.3) is 0 Å². The molecule has 0 aliphatic heterocycles. The van der Waals surface area contributed by atoms with Crippen LogP contribution in [0.1, 0.15) is 22.4 Å². The summed E-state index contributed by atoms with van der Waals surface area (Å²) in [4.78, 5) is 13.3. The van der Waals surface area contributed by atoms with Gasteiger partial charge in [0.2, 0.25) is 5.91 Å². The number of aromatic nitrogens is 3. The summed E-state index contributed by atoms with van der Waals surface area (Å²) < 4.78 is 1.76. The van der Waals surface area contributed by atoms with Crippen LogP contribution in [-0.4, -0.2) is 26.4 Å². The van der Waals surface area contributed by atoms with Gasteiger partial charge in [-0.15, -0.1) is 21.5 Å². The molecule has 0 aromatic carbocycles. The molecule has 108 valence electrons. The predicted molar refractivity (Wildman–Crippen MR) is 81.4 cm³/mol. The van der Waals surface area contributed by atoms with Gasteiger partial charge in [-0.2, -0.15) is 5.26 Å². The lowest BCUT2D eigenvalue weighted by Gasteiger charge is -2.03. The summed E-state index contributed by atoms with van der Waals surface area (Å²) in [5, 5.41) is 21.2. The van der Waals surface area contributed by atoms with E-state index in [4.69, 9.17) is 0 Å². The van der Waals surface area contributed by atoms with Gasteiger partial charge in [-0.1, -0.05) is 11.8 Å². The first kappa shape index (κ1) is 14.1. The third-order valence-electron chi connectivity index (χ3n) is 3.29. The van der Waals surface area contributed by atoms with Crippen LogP contribution < -0.4 is 5.32 Å². The molecule has 1 aliphatic rings. The van der Waals surface area contributed by atoms with Crippen LogP contribution in [0.25, 0.3) is 0 Å². The maximum atomic E-state index is 12.0. The second kappa shape index (κ2) is 5.87. The molecule has 0 atom stereocenters. The number of nitrogens with zero attached hydrogens (tertiary/aromatic N) is 4. The quantitative estimate of drug-likeness (QED) is 0.871. The zero-order valence-electron chi connectivity index (χ0n) is 11.4. The van der Waals surface area contributed by atoms with Gasteiger partial charge < -0.3 is 9.88 Å². The molecule has 6 nitrogen and oxygen atoms in total. The molecule has 1 aliphatic carbocycles. The molecule has 2 aromatic heterocycles. The lowest BCUT2D eigenvalue weighted by molar-refractivity contribution is -0.113. The van der Waals surface area contributed by atoms with E-state index in [2.05, 4.69) is 21.6 Å². The number of nitrogens with one attached hydrogen (secondary N) is 1. The van der Waals surface area contributed by atoms with Crippen LogP contribution in [0.4, 0.5) is 5.00 Å². The second-order valence-corrected chi connectivity index (χ2v) is 6.78. The maximum Gasteiger partial charge on any atom is 0.235 e. The Morgan fingerprint density at radius 2 is 2.48 bits per heavy atom. The molecule has 0 unspecified atom stereocenters. The number of thiophene rings is 1. The van der Waals surface area contributed by atoms with Crippen LogP contribution in [0, 0.1) is 11.3 Å². The van der Waals surface area contributed by atoms with Crippen molar-refractivity contribution in [2.75, 3.05) is 11.1 Å². The zero-order chi connectivity index (χ0) is 14.8. The molecular formula is C13H13N5OS2. The van der Waals surface area contributed by atoms with Crippen LogP contribution in [0.3, 0.4) is 0 Å². The summed E-state index contributed by atoms with van der Waals surface area (Å²) in [5.41, 5.74) is 1.77. The summed E-state index contributed by atoms with van der Waals surface area (Å²) in [6, 6.07) is 2.22. The summed E-state index contributed by atoms with van der Waals surface area (Å²) in [7, 11) is 1.83. The summed E-state index contributed by atoms with van der Waals surface area (Å²) in [6.07, 6.45) is 4.65. The van der Waals surface area contributed by atoms with Gasteiger partial charge in [0.05, 0.1) is 11.3 Å². The number of nitriles is 1. The van der Waals surface area contributed by atoms with Crippen molar-refractivity contribution < 1.29 is 4.79 Å². The first-order valence-corrected chi connectivity index (χ1v) is 8.30. The highest BCUT2D eigenvalue weighted by Crippen LogP contribution is 2.38. The Balaban J connectivity index is 1.66. The molecule has 21 heavy (non-hydrogen) atoms. The Bertz CT molecular complexity index is 727. The molecule has 0 saturated heterocycles. The second-order valence-electron chi connectivity index (χ2n) is 4.73. The minimum atomic E-state index is -0.126. The first-order valence-electron chi connectivity index (χ1n) is 6.50. The van der Waals surface area contributed by atoms with Crippen LogP contribution in [0.15, 0.2) is 11.5 Å². The molecule has 2 heterocycles. The summed E-state index contributed by atoms with van der Waals surface area (Å²) in [6.45, 7) is 0. The molecule has 1 amide bonds. The number of hydrogen-bond donors (Lipinski definition) is 1. The van der Waals surface area contributed by atoms with Crippen molar-refractivity contribution in [2.45, 2.75) is 24.4 Å². The van der Waals surface area contributed by atoms with E-state index < -0.39 is 0 Å². The van der Waals surface area contributed by atoms with Crippen molar-refractivity contribution >= 4 is 34.0 Å². The zero-order valence-corrected chi connectivity index (χ0v) is 13.1. The van der Waals surface area contributed by atoms with Crippen LogP contribution >= 0.6 is 23.1 Å². The predicted octanol–water partition coefficient (Wildman–Crippen LogP) is 1.97. The lowest BCUT2D eigenvalue weighted by Crippen LogP contribution is -2.14. The van der Waals surface area contributed by atoms with Gasteiger partial charge in [0.15, 0.2) is 5.16 Å². The molecule has 8 heteroatoms. The summed E-state index contributed by atoms with van der Waals surface area (Å²) >= 11 is 2.86. The molecule has 0 bridgehead atoms. The number of amides is 1. The lowest BCUT2D eigenvalue weighted by atomic mass is 10.1. The topological polar surface area (TPSA) is 83.6 Å². The van der Waals surface area contributed by atoms with Crippen LogP contribution in [-0.2, 0) is 24.7 Å². The fraction of sp³-hybridized carbons (Fsp3) is 0.385. The normalized spacial score (nSPS) is 13.0. The third kappa shape index (κ3) is 2.80. The van der Waals surface area contributed by atoms with Gasteiger partial charge >= 0.3 is 0 Å². The smallest absolute Gasteiger partial charge is 0.235 e. The van der Waals surface area contributed by atoms with Crippen molar-refractivity contribution in [3.63, 3.8) is 0 Å². The number of fused-ring (bicyclic) bond motifs is 1. The van der Waals surface area contributed by atoms with Gasteiger partial charge in [-0.05, 0) is 24.8 Å². The largest absolute Gasteiger partial charge is 0.316 e. The minimum absolute atomic E-state index is 0.126. The van der Waals surface area contributed by atoms with Crippen molar-refractivity contribution in [3.8, 4) is 6.07 Å². The Hall–Kier alpha value is -1.85. The standard InChI is InChI=1S/C13H13N5OS2/c1-18-7-15-17-13(18)20-6-11(19)16-12-9(5-14)8-3-2-4-10(8)21-12/h7H,2-4,6H2,1H3,(H,16,19). The minimum Gasteiger partial charge on any atom is -0.316 e. The van der Waals surface area contributed by atoms with Gasteiger partial charge in [0.1, 0.15) is 17.4 Å². The van der Waals surface area contributed by atoms with Crippen molar-refractivity contribution in [1.82, 2.24) is 14.8 Å². The number of rotatable bonds is 4. The average Bonchev–Trinajstić information content (AvgIpc) is 3.12. The fourth-order valence-electron chi connectivity index (χ4n) is 2.31. The summed E-state index contributed by atoms with van der Waals surface area (Å²) in [5.74, 6) is 0.124. The molecule has 0 spiro atoms. The Morgan fingerprint density at radius 1 is 1.62 bits per heavy atom. The Morgan fingerprint density at radius 3 is 3.19 bits per heavy atom. The van der Waals surface area contributed by atoms with E-state index in [1.54, 1.807) is 10.9 Å². The van der Waals surface area contributed by atoms with E-state index in [0.717, 1.165) is 24.8 Å². The highest BCUT2D eigenvalue weighted by Gasteiger charge is 2.23. The van der Waals surface area contributed by atoms with Gasteiger partial charge in [-0.3, -0.25) is 4.79 Å². The molecule has 0 radical (unpaired) electrons. The van der Waals surface area contributed by atoms with E-state index >= 15 is 0 Å². The molecular weight excluding hydrogens is 306 g/mol. The fourth-order valence-corrected chi connectivity index (χ4v) is 4.25. The van der Waals surface area contributed by atoms with E-state index in [1.807, 2.05) is 7.05 Å². The molecule has 0 saturated carbocycles. The highest BCUT2D eigenvalue weighted by molar-refractivity contribution is 7.99. The average molecular weight is 319 g/mol. The van der Waals surface area contributed by atoms with E-state index in [9.17, 15) is 10.1 Å². The number of thioether (sulfide) groups is 1. The number of aryl methyl sites for hydroxylation is 2. The van der Waals surface area contributed by atoms with E-state index in [0.29, 0.717) is 15.7 Å². The van der Waals surface area contributed by atoms with E-state index in [1.165, 1.54) is 28.0 Å². The van der Waals surface area contributed by atoms with Crippen LogP contribution in [0.2, 0.25) is 0 Å². The van der Waals surface area contributed by atoms with E-state index in [-0.39, 0.29) is 11.7 Å². The molecule has 2 aromatic rings. The Labute approximate surface area is 130 Å². The molecule has 0 fully saturated rings. The number of anilines is 1. The van der Waals surface area contributed by atoms with Crippen molar-refractivity contribution in [3.05, 3.63) is 22.3 Å². The maximum absolute atomic E-state index is 12.0. The number of carbonyl (C=O) groups is 1. The first-order chi connectivity index (χ1) is 10.2. The SMILES string of the molecule is Cn1cnnc1SCC(=O)Nc1sc2c(c1C#N)CCC2. The molecule has 3 rings (SSSR count). The van der Waals surface area contributed by atoms with Crippen molar-refractivity contribution in [1.29, 1.82) is 5.26 Å². The molecule has 1 N–H and O–H groups in total. The van der Waals surface area contributed by atoms with Crippen molar-refractivity contribution in [2.24, 2.45) is 7.05 Å². The monoisotopic (exact) mass is 319 g/mol. The highest BCUT2D eigenvalue weighted by atomic mass is 32.2. The number of hydrogen-bond acceptors (Lipinski definition) is 6. The number of carbonyl (C=O) groups excluding carboxylic acids is 1. The van der Waals surface area contributed by atoms with Crippen LogP contribution in [0.5, 0.6) is 0 Å². The van der Waals surface area contributed by atoms with Gasteiger partial charge in [0, 0.05) is 11.9 Å². The third-order valence-corrected chi connectivity index (χ3v) is 5.53.